The van der Waals surface area contributed by atoms with E-state index in [9.17, 15) is 9.59 Å². The van der Waals surface area contributed by atoms with Crippen LogP contribution in [0, 0.1) is 5.41 Å². The van der Waals surface area contributed by atoms with Gasteiger partial charge in [0.2, 0.25) is 0 Å². The Morgan fingerprint density at radius 1 is 1.41 bits per heavy atom. The average Bonchev–Trinajstić information content (AvgIpc) is 2.15. The van der Waals surface area contributed by atoms with Crippen molar-refractivity contribution >= 4 is 12.0 Å². The second-order valence-corrected chi connectivity index (χ2v) is 5.64. The molecule has 1 fully saturated rings. The summed E-state index contributed by atoms with van der Waals surface area (Å²) in [7, 11) is 0. The Kier molecular flexibility index (Phi) is 4.37. The van der Waals surface area contributed by atoms with Crippen molar-refractivity contribution in [1.29, 1.82) is 0 Å². The van der Waals surface area contributed by atoms with Crippen LogP contribution in [0.3, 0.4) is 0 Å². The van der Waals surface area contributed by atoms with Gasteiger partial charge in [0.05, 0.1) is 0 Å². The first-order chi connectivity index (χ1) is 7.80. The van der Waals surface area contributed by atoms with E-state index in [2.05, 4.69) is 24.5 Å². The smallest absolute Gasteiger partial charge is 0.325 e. The first-order valence-electron chi connectivity index (χ1n) is 6.10. The third-order valence-corrected chi connectivity index (χ3v) is 3.26. The lowest BCUT2D eigenvalue weighted by Gasteiger charge is -2.35. The molecular weight excluding hydrogens is 220 g/mol. The normalized spacial score (nSPS) is 24.8. The highest BCUT2D eigenvalue weighted by Crippen LogP contribution is 2.34. The fourth-order valence-electron chi connectivity index (χ4n) is 2.31. The van der Waals surface area contributed by atoms with Crippen LogP contribution in [0.4, 0.5) is 4.79 Å². The van der Waals surface area contributed by atoms with Gasteiger partial charge in [0, 0.05) is 6.04 Å². The molecule has 1 aliphatic carbocycles. The topological polar surface area (TPSA) is 78.4 Å². The lowest BCUT2D eigenvalue weighted by molar-refractivity contribution is -0.138. The number of amides is 2. The van der Waals surface area contributed by atoms with Crippen molar-refractivity contribution in [3.63, 3.8) is 0 Å². The number of nitrogens with one attached hydrogen (secondary N) is 2. The van der Waals surface area contributed by atoms with Crippen LogP contribution in [0.1, 0.15) is 46.5 Å². The molecule has 5 nitrogen and oxygen atoms in total. The number of hydrogen-bond donors (Lipinski definition) is 3. The minimum Gasteiger partial charge on any atom is -0.480 e. The highest BCUT2D eigenvalue weighted by atomic mass is 16.4. The largest absolute Gasteiger partial charge is 0.480 e. The molecule has 17 heavy (non-hydrogen) atoms. The zero-order valence-corrected chi connectivity index (χ0v) is 10.7. The van der Waals surface area contributed by atoms with Crippen molar-refractivity contribution < 1.29 is 14.7 Å². The fraction of sp³-hybridized carbons (Fsp3) is 0.833. The number of aliphatic carboxylic acids is 1. The van der Waals surface area contributed by atoms with Crippen LogP contribution in [0.15, 0.2) is 0 Å². The van der Waals surface area contributed by atoms with Crippen molar-refractivity contribution in [1.82, 2.24) is 10.6 Å². The van der Waals surface area contributed by atoms with Crippen LogP contribution in [0.5, 0.6) is 0 Å². The molecule has 0 spiro atoms. The van der Waals surface area contributed by atoms with E-state index in [0.717, 1.165) is 19.3 Å². The van der Waals surface area contributed by atoms with Gasteiger partial charge in [-0.15, -0.1) is 0 Å². The molecule has 0 radical (unpaired) electrons. The Morgan fingerprint density at radius 3 is 2.59 bits per heavy atom. The second-order valence-electron chi connectivity index (χ2n) is 5.64. The van der Waals surface area contributed by atoms with Crippen LogP contribution < -0.4 is 10.6 Å². The summed E-state index contributed by atoms with van der Waals surface area (Å²) >= 11 is 0. The van der Waals surface area contributed by atoms with Crippen molar-refractivity contribution in [2.24, 2.45) is 5.41 Å². The van der Waals surface area contributed by atoms with Crippen LogP contribution in [0.2, 0.25) is 0 Å². The third-order valence-electron chi connectivity index (χ3n) is 3.26. The average molecular weight is 242 g/mol. The Balaban J connectivity index is 2.38. The predicted molar refractivity (Wildman–Crippen MR) is 64.8 cm³/mol. The van der Waals surface area contributed by atoms with Gasteiger partial charge in [0.15, 0.2) is 0 Å². The van der Waals surface area contributed by atoms with E-state index in [-0.39, 0.29) is 17.5 Å². The van der Waals surface area contributed by atoms with Gasteiger partial charge in [-0.2, -0.15) is 0 Å². The fourth-order valence-corrected chi connectivity index (χ4v) is 2.31. The minimum absolute atomic E-state index is 0.153. The summed E-state index contributed by atoms with van der Waals surface area (Å²) in [4.78, 5) is 22.1. The van der Waals surface area contributed by atoms with Crippen LogP contribution in [-0.2, 0) is 4.79 Å². The summed E-state index contributed by atoms with van der Waals surface area (Å²) in [6, 6.07) is -1.09. The summed E-state index contributed by atoms with van der Waals surface area (Å²) in [5.41, 5.74) is 0.259. The van der Waals surface area contributed by atoms with Gasteiger partial charge in [0.1, 0.15) is 6.04 Å². The zero-order valence-electron chi connectivity index (χ0n) is 10.7. The minimum atomic E-state index is -1.02. The summed E-state index contributed by atoms with van der Waals surface area (Å²) in [6.45, 7) is 5.84. The first kappa shape index (κ1) is 13.8. The maximum Gasteiger partial charge on any atom is 0.325 e. The Hall–Kier alpha value is -1.26. The maximum absolute atomic E-state index is 11.6. The molecule has 0 saturated heterocycles. The molecule has 1 saturated carbocycles. The summed E-state index contributed by atoms with van der Waals surface area (Å²) < 4.78 is 0. The predicted octanol–water partition coefficient (Wildman–Crippen LogP) is 1.73. The van der Waals surface area contributed by atoms with Gasteiger partial charge in [-0.05, 0) is 31.6 Å². The van der Waals surface area contributed by atoms with Gasteiger partial charge < -0.3 is 15.7 Å². The SMILES string of the molecule is C[C@H](NC(=O)NC1CCCC(C)(C)C1)C(=O)O. The van der Waals surface area contributed by atoms with Crippen molar-refractivity contribution in [3.8, 4) is 0 Å². The lowest BCUT2D eigenvalue weighted by Crippen LogP contribution is -2.49. The van der Waals surface area contributed by atoms with Crippen molar-refractivity contribution in [2.75, 3.05) is 0 Å². The van der Waals surface area contributed by atoms with Gasteiger partial charge in [-0.25, -0.2) is 4.79 Å². The Morgan fingerprint density at radius 2 is 2.06 bits per heavy atom. The van der Waals surface area contributed by atoms with E-state index < -0.39 is 12.0 Å². The maximum atomic E-state index is 11.6. The number of carboxylic acids is 1. The number of carboxylic acid groups (broad SMARTS) is 1. The van der Waals surface area contributed by atoms with Crippen molar-refractivity contribution in [3.05, 3.63) is 0 Å². The standard InChI is InChI=1S/C12H22N2O3/c1-8(10(15)16)13-11(17)14-9-5-4-6-12(2,3)7-9/h8-9H,4-7H2,1-3H3,(H,15,16)(H2,13,14,17)/t8-,9?/m0/s1. The van der Waals surface area contributed by atoms with Gasteiger partial charge >= 0.3 is 12.0 Å². The summed E-state index contributed by atoms with van der Waals surface area (Å²) in [6.07, 6.45) is 4.20. The summed E-state index contributed by atoms with van der Waals surface area (Å²) in [5.74, 6) is -1.02. The number of hydrogen-bond acceptors (Lipinski definition) is 2. The first-order valence-corrected chi connectivity index (χ1v) is 6.10. The highest BCUT2D eigenvalue weighted by molar-refractivity contribution is 5.82. The molecule has 1 aliphatic rings. The van der Waals surface area contributed by atoms with Gasteiger partial charge in [0.25, 0.3) is 0 Å². The molecule has 0 aromatic carbocycles. The molecule has 3 N–H and O–H groups in total. The van der Waals surface area contributed by atoms with E-state index in [4.69, 9.17) is 5.11 Å². The molecule has 0 aromatic rings. The van der Waals surface area contributed by atoms with E-state index in [1.54, 1.807) is 0 Å². The Labute approximate surface area is 102 Å². The summed E-state index contributed by atoms with van der Waals surface area (Å²) in [5, 5.41) is 13.9. The van der Waals surface area contributed by atoms with Crippen LogP contribution in [0.25, 0.3) is 0 Å². The zero-order chi connectivity index (χ0) is 13.1. The number of carbonyl (C=O) groups is 2. The quantitative estimate of drug-likeness (QED) is 0.705. The van der Waals surface area contributed by atoms with Crippen LogP contribution >= 0.6 is 0 Å². The van der Waals surface area contributed by atoms with E-state index in [1.807, 2.05) is 0 Å². The molecule has 0 aliphatic heterocycles. The highest BCUT2D eigenvalue weighted by Gasteiger charge is 2.29. The molecule has 0 bridgehead atoms. The van der Waals surface area contributed by atoms with E-state index >= 15 is 0 Å². The molecule has 1 rings (SSSR count). The molecule has 0 heterocycles. The molecule has 1 unspecified atom stereocenters. The number of carbonyl (C=O) groups excluding carboxylic acids is 1. The third kappa shape index (κ3) is 4.63. The molecule has 2 amide bonds. The molecule has 98 valence electrons. The Bertz CT molecular complexity index is 302. The molecule has 0 aromatic heterocycles. The van der Waals surface area contributed by atoms with E-state index in [1.165, 1.54) is 13.3 Å². The van der Waals surface area contributed by atoms with Crippen LogP contribution in [-0.4, -0.2) is 29.2 Å². The number of urea groups is 1. The second kappa shape index (κ2) is 5.38. The van der Waals surface area contributed by atoms with Crippen molar-refractivity contribution in [2.45, 2.75) is 58.5 Å². The van der Waals surface area contributed by atoms with Gasteiger partial charge in [-0.3, -0.25) is 4.79 Å². The lowest BCUT2D eigenvalue weighted by atomic mass is 9.75. The molecular formula is C12H22N2O3. The molecule has 2 atom stereocenters. The monoisotopic (exact) mass is 242 g/mol. The van der Waals surface area contributed by atoms with Gasteiger partial charge in [-0.1, -0.05) is 20.3 Å². The van der Waals surface area contributed by atoms with E-state index in [0.29, 0.717) is 0 Å². The molecule has 5 heteroatoms. The number of rotatable bonds is 3.